The van der Waals surface area contributed by atoms with Crippen LogP contribution in [0.1, 0.15) is 37.3 Å². The molecule has 0 amide bonds. The Hall–Kier alpha value is -3.57. The SMILES string of the molecule is CC(C)(C)c1ccc(OCC(=O)C(C#N)c2nc(-c3cccc([N+](=O)[O-])c3)cs2)cc1. The second kappa shape index (κ2) is 9.06. The number of nitro benzene ring substituents is 1. The summed E-state index contributed by atoms with van der Waals surface area (Å²) in [7, 11) is 0. The van der Waals surface area contributed by atoms with Crippen molar-refractivity contribution in [2.75, 3.05) is 6.61 Å². The lowest BCUT2D eigenvalue weighted by Crippen LogP contribution is -2.19. The van der Waals surface area contributed by atoms with Crippen LogP contribution in [0.4, 0.5) is 5.69 Å². The molecule has 1 heterocycles. The molecule has 0 fully saturated rings. The van der Waals surface area contributed by atoms with E-state index in [0.717, 1.165) is 5.56 Å². The Labute approximate surface area is 184 Å². The first-order chi connectivity index (χ1) is 14.7. The molecule has 0 radical (unpaired) electrons. The molecule has 0 saturated heterocycles. The van der Waals surface area contributed by atoms with Gasteiger partial charge in [0.05, 0.1) is 16.7 Å². The molecule has 2 aromatic carbocycles. The highest BCUT2D eigenvalue weighted by Gasteiger charge is 2.25. The third-order valence-corrected chi connectivity index (χ3v) is 5.58. The van der Waals surface area contributed by atoms with Gasteiger partial charge in [0.2, 0.25) is 0 Å². The average molecular weight is 436 g/mol. The largest absolute Gasteiger partial charge is 0.486 e. The standard InChI is InChI=1S/C23H21N3O4S/c1-23(2,3)16-7-9-18(10-8-16)30-13-21(27)19(12-24)22-25-20(14-31-22)15-5-4-6-17(11-15)26(28)29/h4-11,14,19H,13H2,1-3H3. The number of ether oxygens (including phenoxy) is 1. The van der Waals surface area contributed by atoms with E-state index in [1.165, 1.54) is 23.5 Å². The molecule has 0 spiro atoms. The molecule has 0 aliphatic heterocycles. The van der Waals surface area contributed by atoms with Crippen LogP contribution in [0.25, 0.3) is 11.3 Å². The number of non-ortho nitro benzene ring substituents is 1. The summed E-state index contributed by atoms with van der Waals surface area (Å²) < 4.78 is 5.57. The molecule has 1 unspecified atom stereocenters. The van der Waals surface area contributed by atoms with Crippen LogP contribution in [0.15, 0.2) is 53.9 Å². The number of nitriles is 1. The lowest BCUT2D eigenvalue weighted by Gasteiger charge is -2.19. The molecular formula is C23H21N3O4S. The molecule has 31 heavy (non-hydrogen) atoms. The number of carbonyl (C=O) groups is 1. The van der Waals surface area contributed by atoms with Crippen molar-refractivity contribution in [3.8, 4) is 23.1 Å². The maximum atomic E-state index is 12.6. The molecule has 3 rings (SSSR count). The maximum Gasteiger partial charge on any atom is 0.270 e. The molecule has 158 valence electrons. The number of hydrogen-bond acceptors (Lipinski definition) is 7. The van der Waals surface area contributed by atoms with Crippen LogP contribution in [0, 0.1) is 21.4 Å². The first-order valence-corrected chi connectivity index (χ1v) is 10.4. The van der Waals surface area contributed by atoms with Gasteiger partial charge < -0.3 is 4.74 Å². The van der Waals surface area contributed by atoms with Gasteiger partial charge in [0, 0.05) is 23.1 Å². The van der Waals surface area contributed by atoms with Crippen LogP contribution in [0.2, 0.25) is 0 Å². The van der Waals surface area contributed by atoms with Gasteiger partial charge in [0.15, 0.2) is 11.7 Å². The van der Waals surface area contributed by atoms with Gasteiger partial charge in [-0.2, -0.15) is 5.26 Å². The molecular weight excluding hydrogens is 414 g/mol. The van der Waals surface area contributed by atoms with E-state index in [9.17, 15) is 20.2 Å². The fraction of sp³-hybridized carbons (Fsp3) is 0.261. The third kappa shape index (κ3) is 5.32. The van der Waals surface area contributed by atoms with Crippen molar-refractivity contribution in [1.29, 1.82) is 5.26 Å². The molecule has 0 N–H and O–H groups in total. The summed E-state index contributed by atoms with van der Waals surface area (Å²) in [5.74, 6) is -0.914. The molecule has 1 atom stereocenters. The molecule has 0 saturated carbocycles. The highest BCUT2D eigenvalue weighted by molar-refractivity contribution is 7.10. The second-order valence-electron chi connectivity index (χ2n) is 7.97. The van der Waals surface area contributed by atoms with Crippen molar-refractivity contribution in [2.24, 2.45) is 0 Å². The first-order valence-electron chi connectivity index (χ1n) is 9.55. The summed E-state index contributed by atoms with van der Waals surface area (Å²) >= 11 is 1.17. The van der Waals surface area contributed by atoms with Gasteiger partial charge in [0.1, 0.15) is 17.4 Å². The highest BCUT2D eigenvalue weighted by Crippen LogP contribution is 2.29. The Morgan fingerprint density at radius 1 is 1.26 bits per heavy atom. The quantitative estimate of drug-likeness (QED) is 0.370. The summed E-state index contributed by atoms with van der Waals surface area (Å²) in [6.07, 6.45) is 0. The average Bonchev–Trinajstić information content (AvgIpc) is 3.22. The van der Waals surface area contributed by atoms with E-state index in [4.69, 9.17) is 4.74 Å². The molecule has 8 heteroatoms. The highest BCUT2D eigenvalue weighted by atomic mass is 32.1. The number of benzene rings is 2. The number of aromatic nitrogens is 1. The monoisotopic (exact) mass is 435 g/mol. The van der Waals surface area contributed by atoms with E-state index < -0.39 is 16.6 Å². The number of nitrogens with zero attached hydrogens (tertiary/aromatic N) is 3. The Balaban J connectivity index is 1.70. The minimum atomic E-state index is -1.06. The number of ketones is 1. The summed E-state index contributed by atoms with van der Waals surface area (Å²) in [5.41, 5.74) is 2.15. The third-order valence-electron chi connectivity index (χ3n) is 4.67. The number of nitro groups is 1. The molecule has 1 aromatic heterocycles. The van der Waals surface area contributed by atoms with E-state index in [2.05, 4.69) is 25.8 Å². The predicted molar refractivity (Wildman–Crippen MR) is 118 cm³/mol. The van der Waals surface area contributed by atoms with Gasteiger partial charge in [-0.05, 0) is 23.1 Å². The van der Waals surface area contributed by atoms with Crippen molar-refractivity contribution in [1.82, 2.24) is 4.98 Å². The van der Waals surface area contributed by atoms with Gasteiger partial charge in [-0.3, -0.25) is 14.9 Å². The zero-order valence-corrected chi connectivity index (χ0v) is 18.2. The van der Waals surface area contributed by atoms with Gasteiger partial charge in [-0.25, -0.2) is 4.98 Å². The van der Waals surface area contributed by atoms with Crippen LogP contribution in [0.5, 0.6) is 5.75 Å². The van der Waals surface area contributed by atoms with Crippen LogP contribution >= 0.6 is 11.3 Å². The summed E-state index contributed by atoms with van der Waals surface area (Å²) in [4.78, 5) is 27.5. The molecule has 0 bridgehead atoms. The minimum Gasteiger partial charge on any atom is -0.486 e. The van der Waals surface area contributed by atoms with Crippen molar-refractivity contribution in [2.45, 2.75) is 32.1 Å². The van der Waals surface area contributed by atoms with E-state index in [-0.39, 0.29) is 17.7 Å². The van der Waals surface area contributed by atoms with E-state index in [1.807, 2.05) is 18.2 Å². The number of carbonyl (C=O) groups excluding carboxylic acids is 1. The smallest absolute Gasteiger partial charge is 0.270 e. The molecule has 0 aliphatic rings. The lowest BCUT2D eigenvalue weighted by atomic mass is 9.87. The number of rotatable bonds is 7. The van der Waals surface area contributed by atoms with E-state index in [0.29, 0.717) is 22.0 Å². The summed E-state index contributed by atoms with van der Waals surface area (Å²) in [6.45, 7) is 6.08. The Morgan fingerprint density at radius 2 is 1.97 bits per heavy atom. The van der Waals surface area contributed by atoms with Gasteiger partial charge in [0.25, 0.3) is 5.69 Å². The number of Topliss-reactive ketones (excluding diaryl/α,β-unsaturated/α-hetero) is 1. The topological polar surface area (TPSA) is 106 Å². The fourth-order valence-electron chi connectivity index (χ4n) is 2.89. The second-order valence-corrected chi connectivity index (χ2v) is 8.86. The maximum absolute atomic E-state index is 12.6. The van der Waals surface area contributed by atoms with Crippen LogP contribution < -0.4 is 4.74 Å². The predicted octanol–water partition coefficient (Wildman–Crippen LogP) is 5.27. The number of thiazole rings is 1. The van der Waals surface area contributed by atoms with E-state index in [1.54, 1.807) is 29.6 Å². The summed E-state index contributed by atoms with van der Waals surface area (Å²) in [5, 5.41) is 22.5. The van der Waals surface area contributed by atoms with Gasteiger partial charge >= 0.3 is 0 Å². The summed E-state index contributed by atoms with van der Waals surface area (Å²) in [6, 6.07) is 15.6. The van der Waals surface area contributed by atoms with Gasteiger partial charge in [-0.15, -0.1) is 11.3 Å². The zero-order chi connectivity index (χ0) is 22.6. The zero-order valence-electron chi connectivity index (χ0n) is 17.4. The number of hydrogen-bond donors (Lipinski definition) is 0. The lowest BCUT2D eigenvalue weighted by molar-refractivity contribution is -0.384. The molecule has 7 nitrogen and oxygen atoms in total. The Bertz CT molecular complexity index is 1140. The minimum absolute atomic E-state index is 0.0159. The fourth-order valence-corrected chi connectivity index (χ4v) is 3.78. The van der Waals surface area contributed by atoms with E-state index >= 15 is 0 Å². The normalized spacial score (nSPS) is 12.1. The van der Waals surface area contributed by atoms with Crippen molar-refractivity contribution >= 4 is 22.8 Å². The van der Waals surface area contributed by atoms with Crippen LogP contribution in [-0.4, -0.2) is 22.3 Å². The Morgan fingerprint density at radius 3 is 2.58 bits per heavy atom. The van der Waals surface area contributed by atoms with Crippen molar-refractivity contribution in [3.63, 3.8) is 0 Å². The Kier molecular flexibility index (Phi) is 6.47. The van der Waals surface area contributed by atoms with Gasteiger partial charge in [-0.1, -0.05) is 45.0 Å². The van der Waals surface area contributed by atoms with Crippen molar-refractivity contribution < 1.29 is 14.5 Å². The van der Waals surface area contributed by atoms with Crippen LogP contribution in [-0.2, 0) is 10.2 Å². The van der Waals surface area contributed by atoms with Crippen molar-refractivity contribution in [3.05, 3.63) is 74.6 Å². The molecule has 3 aromatic rings. The first kappa shape index (κ1) is 22.1. The molecule has 0 aliphatic carbocycles. The van der Waals surface area contributed by atoms with Crippen LogP contribution in [0.3, 0.4) is 0 Å².